The van der Waals surface area contributed by atoms with E-state index in [4.69, 9.17) is 16.3 Å². The Morgan fingerprint density at radius 3 is 2.33 bits per heavy atom. The summed E-state index contributed by atoms with van der Waals surface area (Å²) in [6.45, 7) is 9.94. The van der Waals surface area contributed by atoms with Gasteiger partial charge in [0.05, 0.1) is 11.1 Å². The zero-order valence-corrected chi connectivity index (χ0v) is 15.6. The maximum atomic E-state index is 12.4. The molecule has 24 heavy (non-hydrogen) atoms. The highest BCUT2D eigenvalue weighted by molar-refractivity contribution is 6.32. The molecule has 2 aromatic carbocycles. The fraction of sp³-hybridized carbons (Fsp3) is 0.350. The second kappa shape index (κ2) is 7.71. The van der Waals surface area contributed by atoms with E-state index >= 15 is 0 Å². The lowest BCUT2D eigenvalue weighted by atomic mass is 9.96. The third kappa shape index (κ3) is 4.30. The van der Waals surface area contributed by atoms with Crippen LogP contribution in [-0.4, -0.2) is 12.0 Å². The highest BCUT2D eigenvalue weighted by Gasteiger charge is 2.19. The zero-order valence-electron chi connectivity index (χ0n) is 14.8. The highest BCUT2D eigenvalue weighted by atomic mass is 35.5. The number of amides is 1. The number of carbonyl (C=O) groups is 1. The van der Waals surface area contributed by atoms with Crippen molar-refractivity contribution in [2.75, 3.05) is 0 Å². The molecule has 2 aromatic rings. The number of aryl methyl sites for hydroxylation is 3. The van der Waals surface area contributed by atoms with E-state index in [2.05, 4.69) is 38.2 Å². The summed E-state index contributed by atoms with van der Waals surface area (Å²) in [7, 11) is 0. The Morgan fingerprint density at radius 2 is 1.67 bits per heavy atom. The van der Waals surface area contributed by atoms with Crippen molar-refractivity contribution in [3.63, 3.8) is 0 Å². The molecule has 128 valence electrons. The summed E-state index contributed by atoms with van der Waals surface area (Å²) in [5.41, 5.74) is 4.77. The Balaban J connectivity index is 2.06. The van der Waals surface area contributed by atoms with Gasteiger partial charge in [-0.05, 0) is 69.0 Å². The van der Waals surface area contributed by atoms with Crippen LogP contribution in [0.15, 0.2) is 36.4 Å². The van der Waals surface area contributed by atoms with E-state index in [9.17, 15) is 4.79 Å². The maximum absolute atomic E-state index is 12.4. The van der Waals surface area contributed by atoms with Crippen molar-refractivity contribution in [3.8, 4) is 5.75 Å². The van der Waals surface area contributed by atoms with E-state index in [0.29, 0.717) is 10.8 Å². The first-order valence-corrected chi connectivity index (χ1v) is 8.46. The lowest BCUT2D eigenvalue weighted by Crippen LogP contribution is -2.38. The quantitative estimate of drug-likeness (QED) is 0.836. The predicted molar refractivity (Wildman–Crippen MR) is 98.8 cm³/mol. The van der Waals surface area contributed by atoms with E-state index in [-0.39, 0.29) is 11.9 Å². The van der Waals surface area contributed by atoms with Crippen molar-refractivity contribution in [2.45, 2.75) is 46.8 Å². The van der Waals surface area contributed by atoms with E-state index in [1.807, 2.05) is 19.1 Å². The Kier molecular flexibility index (Phi) is 5.89. The number of halogens is 1. The molecule has 2 atom stereocenters. The van der Waals surface area contributed by atoms with Gasteiger partial charge in [0, 0.05) is 0 Å². The Morgan fingerprint density at radius 1 is 1.04 bits per heavy atom. The average Bonchev–Trinajstić information content (AvgIpc) is 2.52. The standard InChI is InChI=1S/C20H24ClNO2/c1-12-10-14(3)17(11-13(12)2)15(4)22-20(23)16(5)24-19-9-7-6-8-18(19)21/h6-11,15-16H,1-5H3,(H,22,23)/t15-,16-/m1/s1. The number of hydrogen-bond acceptors (Lipinski definition) is 2. The monoisotopic (exact) mass is 345 g/mol. The average molecular weight is 346 g/mol. The first kappa shape index (κ1) is 18.3. The van der Waals surface area contributed by atoms with Gasteiger partial charge in [-0.15, -0.1) is 0 Å². The van der Waals surface area contributed by atoms with E-state index in [1.165, 1.54) is 16.7 Å². The van der Waals surface area contributed by atoms with Gasteiger partial charge in [-0.2, -0.15) is 0 Å². The largest absolute Gasteiger partial charge is 0.479 e. The minimum absolute atomic E-state index is 0.0888. The normalized spacial score (nSPS) is 13.2. The molecule has 2 rings (SSSR count). The first-order chi connectivity index (χ1) is 11.3. The lowest BCUT2D eigenvalue weighted by molar-refractivity contribution is -0.127. The summed E-state index contributed by atoms with van der Waals surface area (Å²) in [5, 5.41) is 3.51. The second-order valence-electron chi connectivity index (χ2n) is 6.21. The number of rotatable bonds is 5. The molecule has 0 fully saturated rings. The number of para-hydroxylation sites is 1. The van der Waals surface area contributed by atoms with Gasteiger partial charge in [0.15, 0.2) is 6.10 Å². The van der Waals surface area contributed by atoms with Gasteiger partial charge >= 0.3 is 0 Å². The summed E-state index contributed by atoms with van der Waals surface area (Å²) >= 11 is 6.07. The van der Waals surface area contributed by atoms with Crippen LogP contribution in [0.25, 0.3) is 0 Å². The molecule has 0 heterocycles. The second-order valence-corrected chi connectivity index (χ2v) is 6.62. The molecule has 0 saturated carbocycles. The van der Waals surface area contributed by atoms with Gasteiger partial charge in [-0.1, -0.05) is 35.9 Å². The SMILES string of the molecule is Cc1cc(C)c([C@@H](C)NC(=O)[C@@H](C)Oc2ccccc2Cl)cc1C. The molecule has 0 aliphatic carbocycles. The number of ether oxygens (including phenoxy) is 1. The van der Waals surface area contributed by atoms with Crippen LogP contribution >= 0.6 is 11.6 Å². The summed E-state index contributed by atoms with van der Waals surface area (Å²) < 4.78 is 5.67. The van der Waals surface area contributed by atoms with Crippen LogP contribution in [0.5, 0.6) is 5.75 Å². The van der Waals surface area contributed by atoms with E-state index in [1.54, 1.807) is 19.1 Å². The Hall–Kier alpha value is -2.00. The van der Waals surface area contributed by atoms with Crippen LogP contribution < -0.4 is 10.1 Å². The van der Waals surface area contributed by atoms with Gasteiger partial charge in [0.1, 0.15) is 5.75 Å². The number of hydrogen-bond donors (Lipinski definition) is 1. The zero-order chi connectivity index (χ0) is 17.9. The van der Waals surface area contributed by atoms with Gasteiger partial charge in [-0.25, -0.2) is 0 Å². The fourth-order valence-corrected chi connectivity index (χ4v) is 2.82. The molecule has 3 nitrogen and oxygen atoms in total. The van der Waals surface area contributed by atoms with Crippen LogP contribution in [0.3, 0.4) is 0 Å². The van der Waals surface area contributed by atoms with Crippen LogP contribution in [-0.2, 0) is 4.79 Å². The molecule has 0 spiro atoms. The Bertz CT molecular complexity index is 742. The summed E-state index contributed by atoms with van der Waals surface area (Å²) in [5.74, 6) is 0.344. The minimum Gasteiger partial charge on any atom is -0.479 e. The molecule has 0 aromatic heterocycles. The van der Waals surface area contributed by atoms with Crippen LogP contribution in [0, 0.1) is 20.8 Å². The van der Waals surface area contributed by atoms with Crippen molar-refractivity contribution in [3.05, 3.63) is 63.7 Å². The topological polar surface area (TPSA) is 38.3 Å². The molecule has 1 amide bonds. The third-order valence-electron chi connectivity index (χ3n) is 4.22. The minimum atomic E-state index is -0.626. The van der Waals surface area contributed by atoms with Crippen molar-refractivity contribution in [2.24, 2.45) is 0 Å². The molecular weight excluding hydrogens is 322 g/mol. The smallest absolute Gasteiger partial charge is 0.261 e. The molecule has 1 N–H and O–H groups in total. The summed E-state index contributed by atoms with van der Waals surface area (Å²) in [6.07, 6.45) is -0.626. The Labute approximate surface area is 149 Å². The van der Waals surface area contributed by atoms with Gasteiger partial charge in [-0.3, -0.25) is 4.79 Å². The molecule has 4 heteroatoms. The van der Waals surface area contributed by atoms with Crippen LogP contribution in [0.1, 0.15) is 42.1 Å². The number of nitrogens with one attached hydrogen (secondary N) is 1. The lowest BCUT2D eigenvalue weighted by Gasteiger charge is -2.21. The molecule has 0 radical (unpaired) electrons. The van der Waals surface area contributed by atoms with Gasteiger partial charge < -0.3 is 10.1 Å². The van der Waals surface area contributed by atoms with Gasteiger partial charge in [0.25, 0.3) is 5.91 Å². The summed E-state index contributed by atoms with van der Waals surface area (Å²) in [6, 6.07) is 11.3. The first-order valence-electron chi connectivity index (χ1n) is 8.09. The van der Waals surface area contributed by atoms with Crippen LogP contribution in [0.4, 0.5) is 0 Å². The highest BCUT2D eigenvalue weighted by Crippen LogP contribution is 2.25. The van der Waals surface area contributed by atoms with Crippen molar-refractivity contribution < 1.29 is 9.53 Å². The van der Waals surface area contributed by atoms with E-state index < -0.39 is 6.10 Å². The van der Waals surface area contributed by atoms with Crippen molar-refractivity contribution >= 4 is 17.5 Å². The fourth-order valence-electron chi connectivity index (χ4n) is 2.64. The van der Waals surface area contributed by atoms with Crippen molar-refractivity contribution in [1.82, 2.24) is 5.32 Å². The molecule has 0 aliphatic rings. The predicted octanol–water partition coefficient (Wildman–Crippen LogP) is 4.91. The molecule has 0 unspecified atom stereocenters. The molecule has 0 saturated heterocycles. The number of carbonyl (C=O) groups excluding carboxylic acids is 1. The van der Waals surface area contributed by atoms with Crippen LogP contribution in [0.2, 0.25) is 5.02 Å². The van der Waals surface area contributed by atoms with Gasteiger partial charge in [0.2, 0.25) is 0 Å². The number of benzene rings is 2. The molecule has 0 aliphatic heterocycles. The maximum Gasteiger partial charge on any atom is 0.261 e. The van der Waals surface area contributed by atoms with Crippen molar-refractivity contribution in [1.29, 1.82) is 0 Å². The summed E-state index contributed by atoms with van der Waals surface area (Å²) in [4.78, 5) is 12.4. The third-order valence-corrected chi connectivity index (χ3v) is 4.53. The molecular formula is C20H24ClNO2. The molecule has 0 bridgehead atoms. The van der Waals surface area contributed by atoms with E-state index in [0.717, 1.165) is 5.56 Å².